The van der Waals surface area contributed by atoms with Crippen LogP contribution < -0.4 is 5.32 Å². The molecule has 0 aromatic heterocycles. The highest BCUT2D eigenvalue weighted by atomic mass is 32.3. The Balaban J connectivity index is 2.46. The van der Waals surface area contributed by atoms with Crippen LogP contribution in [0.5, 0.6) is 0 Å². The summed E-state index contributed by atoms with van der Waals surface area (Å²) in [6, 6.07) is -0.937. The Bertz CT molecular complexity index is 1110. The minimum atomic E-state index is -5.08. The second-order valence-corrected chi connectivity index (χ2v) is 18.1. The lowest BCUT2D eigenvalue weighted by Crippen LogP contribution is -2.61. The van der Waals surface area contributed by atoms with E-state index in [1.165, 1.54) is 154 Å². The van der Waals surface area contributed by atoms with E-state index < -0.39 is 59.9 Å². The molecule has 0 aliphatic carbocycles. The van der Waals surface area contributed by atoms with Crippen molar-refractivity contribution in [3.05, 3.63) is 12.2 Å². The van der Waals surface area contributed by atoms with Crippen molar-refractivity contribution in [1.82, 2.24) is 5.32 Å². The van der Waals surface area contributed by atoms with Gasteiger partial charge in [-0.1, -0.05) is 206 Å². The van der Waals surface area contributed by atoms with Gasteiger partial charge in [0.1, 0.15) is 24.4 Å². The minimum absolute atomic E-state index is 0.262. The highest BCUT2D eigenvalue weighted by Crippen LogP contribution is 2.26. The maximum atomic E-state index is 13.0. The Hall–Kier alpha value is -1.16. The lowest BCUT2D eigenvalue weighted by Gasteiger charge is -2.41. The largest absolute Gasteiger partial charge is 0.397 e. The second kappa shape index (κ2) is 37.4. The molecule has 0 spiro atoms. The summed E-state index contributed by atoms with van der Waals surface area (Å²) in [4.78, 5) is 13.0. The number of allylic oxidation sites excluding steroid dienone is 1. The van der Waals surface area contributed by atoms with Gasteiger partial charge in [0.05, 0.1) is 25.4 Å². The number of unbranched alkanes of at least 4 members (excludes halogenated alkanes) is 29. The summed E-state index contributed by atoms with van der Waals surface area (Å²) in [6.07, 6.45) is 32.6. The molecule has 7 unspecified atom stereocenters. The molecule has 6 N–H and O–H groups in total. The number of hydrogen-bond donors (Lipinski definition) is 6. The Morgan fingerprint density at radius 2 is 1.07 bits per heavy atom. The van der Waals surface area contributed by atoms with Crippen LogP contribution in [0, 0.1) is 0 Å². The highest BCUT2D eigenvalue weighted by Gasteiger charge is 2.48. The molecular weight excluding hydrogens is 775 g/mol. The number of aliphatic hydroxyl groups is 4. The SMILES string of the molecule is CCCCCCCCCCCCCCCCCCCCC/C=C/C(O)C(COC1OC(CO)C(O)C(OS(=O)(=O)O)C1O)NC(=O)CCCCCCCCCCCCC. The van der Waals surface area contributed by atoms with Gasteiger partial charge >= 0.3 is 10.4 Å². The number of rotatable bonds is 41. The average molecular weight is 864 g/mol. The molecule has 350 valence electrons. The number of ether oxygens (including phenoxy) is 2. The van der Waals surface area contributed by atoms with Crippen molar-refractivity contribution < 1.29 is 51.8 Å². The Kier molecular flexibility index (Phi) is 35.4. The molecule has 1 amide bonds. The standard InChI is InChI=1S/C46H89NO11S/c1-3-5-7-9-11-13-15-16-17-18-19-20-21-22-23-24-26-27-29-31-33-35-40(49)39(47-42(50)36-34-32-30-28-25-14-12-10-8-6-4-2)38-56-46-44(52)45(58-59(53,54)55)43(51)41(37-48)57-46/h33,35,39-41,43-46,48-49,51-52H,3-32,34,36-38H2,1-2H3,(H,47,50)(H,53,54,55)/b35-33+. The first-order chi connectivity index (χ1) is 28.5. The van der Waals surface area contributed by atoms with Crippen molar-refractivity contribution in [2.75, 3.05) is 13.2 Å². The lowest BCUT2D eigenvalue weighted by molar-refractivity contribution is -0.298. The van der Waals surface area contributed by atoms with Gasteiger partial charge in [0.2, 0.25) is 5.91 Å². The first-order valence-corrected chi connectivity index (χ1v) is 25.4. The molecular formula is C46H89NO11S. The van der Waals surface area contributed by atoms with Crippen LogP contribution >= 0.6 is 0 Å². The van der Waals surface area contributed by atoms with Gasteiger partial charge in [0, 0.05) is 6.42 Å². The molecule has 1 aliphatic rings. The van der Waals surface area contributed by atoms with Gasteiger partial charge in [0.15, 0.2) is 6.29 Å². The molecule has 0 bridgehead atoms. The molecule has 7 atom stereocenters. The first kappa shape index (κ1) is 55.9. The molecule has 59 heavy (non-hydrogen) atoms. The van der Waals surface area contributed by atoms with Crippen molar-refractivity contribution in [1.29, 1.82) is 0 Å². The van der Waals surface area contributed by atoms with Crippen LogP contribution in [0.1, 0.15) is 219 Å². The van der Waals surface area contributed by atoms with Crippen molar-refractivity contribution in [3.8, 4) is 0 Å². The fraction of sp³-hybridized carbons (Fsp3) is 0.935. The monoisotopic (exact) mass is 864 g/mol. The van der Waals surface area contributed by atoms with Crippen LogP contribution in [0.4, 0.5) is 0 Å². The zero-order valence-electron chi connectivity index (χ0n) is 37.3. The summed E-state index contributed by atoms with van der Waals surface area (Å²) in [5, 5.41) is 44.7. The van der Waals surface area contributed by atoms with Gasteiger partial charge in [-0.25, -0.2) is 4.18 Å². The Labute approximate surface area is 360 Å². The van der Waals surface area contributed by atoms with E-state index >= 15 is 0 Å². The van der Waals surface area contributed by atoms with Gasteiger partial charge in [0.25, 0.3) is 0 Å². The molecule has 0 aromatic carbocycles. The van der Waals surface area contributed by atoms with Crippen LogP contribution in [-0.4, -0.2) is 95.4 Å². The summed E-state index contributed by atoms with van der Waals surface area (Å²) >= 11 is 0. The lowest BCUT2D eigenvalue weighted by atomic mass is 9.99. The minimum Gasteiger partial charge on any atom is -0.394 e. The summed E-state index contributed by atoms with van der Waals surface area (Å²) < 4.78 is 47.6. The van der Waals surface area contributed by atoms with Crippen LogP contribution in [-0.2, 0) is 28.9 Å². The van der Waals surface area contributed by atoms with Gasteiger partial charge in [-0.3, -0.25) is 9.35 Å². The van der Waals surface area contributed by atoms with Gasteiger partial charge in [-0.05, 0) is 19.3 Å². The number of carbonyl (C=O) groups excluding carboxylic acids is 1. The number of aliphatic hydroxyl groups excluding tert-OH is 4. The molecule has 1 fully saturated rings. The van der Waals surface area contributed by atoms with Crippen LogP contribution in [0.15, 0.2) is 12.2 Å². The Morgan fingerprint density at radius 3 is 1.47 bits per heavy atom. The molecule has 1 heterocycles. The van der Waals surface area contributed by atoms with Crippen molar-refractivity contribution in [3.63, 3.8) is 0 Å². The second-order valence-electron chi connectivity index (χ2n) is 17.1. The van der Waals surface area contributed by atoms with E-state index in [4.69, 9.17) is 9.47 Å². The zero-order valence-corrected chi connectivity index (χ0v) is 38.1. The van der Waals surface area contributed by atoms with E-state index in [1.807, 2.05) is 6.08 Å². The molecule has 12 nitrogen and oxygen atoms in total. The first-order valence-electron chi connectivity index (χ1n) is 24.1. The van der Waals surface area contributed by atoms with E-state index in [0.717, 1.165) is 38.5 Å². The molecule has 13 heteroatoms. The highest BCUT2D eigenvalue weighted by molar-refractivity contribution is 7.80. The Morgan fingerprint density at radius 1 is 0.661 bits per heavy atom. The van der Waals surface area contributed by atoms with Gasteiger partial charge in [-0.15, -0.1) is 0 Å². The zero-order chi connectivity index (χ0) is 43.4. The molecule has 0 saturated carbocycles. The number of hydrogen-bond acceptors (Lipinski definition) is 10. The van der Waals surface area contributed by atoms with E-state index in [-0.39, 0.29) is 18.9 Å². The third kappa shape index (κ3) is 30.5. The molecule has 0 aromatic rings. The van der Waals surface area contributed by atoms with Gasteiger partial charge < -0.3 is 35.2 Å². The summed E-state index contributed by atoms with van der Waals surface area (Å²) in [5.74, 6) is -0.262. The van der Waals surface area contributed by atoms with E-state index in [1.54, 1.807) is 6.08 Å². The number of amides is 1. The maximum absolute atomic E-state index is 13.0. The smallest absolute Gasteiger partial charge is 0.394 e. The molecule has 1 aliphatic heterocycles. The van der Waals surface area contributed by atoms with Crippen LogP contribution in [0.25, 0.3) is 0 Å². The van der Waals surface area contributed by atoms with Crippen LogP contribution in [0.3, 0.4) is 0 Å². The normalized spacial score (nSPS) is 21.0. The number of nitrogens with one attached hydrogen (secondary N) is 1. The van der Waals surface area contributed by atoms with Crippen molar-refractivity contribution >= 4 is 16.3 Å². The topological polar surface area (TPSA) is 192 Å². The quantitative estimate of drug-likeness (QED) is 0.0195. The van der Waals surface area contributed by atoms with E-state index in [9.17, 15) is 38.2 Å². The predicted molar refractivity (Wildman–Crippen MR) is 236 cm³/mol. The molecule has 1 saturated heterocycles. The third-order valence-corrected chi connectivity index (χ3v) is 12.0. The van der Waals surface area contributed by atoms with Crippen molar-refractivity contribution in [2.24, 2.45) is 0 Å². The summed E-state index contributed by atoms with van der Waals surface area (Å²) in [6.45, 7) is 3.39. The van der Waals surface area contributed by atoms with E-state index in [2.05, 4.69) is 23.3 Å². The summed E-state index contributed by atoms with van der Waals surface area (Å²) in [5.41, 5.74) is 0. The predicted octanol–water partition coefficient (Wildman–Crippen LogP) is 9.55. The van der Waals surface area contributed by atoms with E-state index in [0.29, 0.717) is 6.42 Å². The fourth-order valence-corrected chi connectivity index (χ4v) is 8.32. The average Bonchev–Trinajstić information content (AvgIpc) is 3.20. The molecule has 0 radical (unpaired) electrons. The van der Waals surface area contributed by atoms with Crippen LogP contribution in [0.2, 0.25) is 0 Å². The maximum Gasteiger partial charge on any atom is 0.397 e. The number of carbonyl (C=O) groups is 1. The van der Waals surface area contributed by atoms with Gasteiger partial charge in [-0.2, -0.15) is 8.42 Å². The van der Waals surface area contributed by atoms with Crippen molar-refractivity contribution in [2.45, 2.75) is 262 Å². The third-order valence-electron chi connectivity index (χ3n) is 11.6. The fourth-order valence-electron chi connectivity index (χ4n) is 7.81. The summed E-state index contributed by atoms with van der Waals surface area (Å²) in [7, 11) is -5.08. The molecule has 1 rings (SSSR count).